The predicted molar refractivity (Wildman–Crippen MR) is 40.6 cm³/mol. The van der Waals surface area contributed by atoms with E-state index < -0.39 is 0 Å². The lowest BCUT2D eigenvalue weighted by Gasteiger charge is -2.03. The normalized spacial score (nSPS) is 9.50. The molecule has 0 aliphatic heterocycles. The van der Waals surface area contributed by atoms with Crippen molar-refractivity contribution in [3.8, 4) is 0 Å². The lowest BCUT2D eigenvalue weighted by atomic mass is 10.3. The molecule has 0 atom stereocenters. The van der Waals surface area contributed by atoms with Crippen LogP contribution in [0.15, 0.2) is 24.3 Å². The Labute approximate surface area is 68.2 Å². The molecule has 0 fully saturated rings. The molecule has 0 aliphatic carbocycles. The molecule has 0 N–H and O–H groups in total. The summed E-state index contributed by atoms with van der Waals surface area (Å²) in [5.74, 6) is -0.307. The van der Waals surface area contributed by atoms with Crippen LogP contribution in [0.2, 0.25) is 0 Å². The highest BCUT2D eigenvalue weighted by Gasteiger charge is 1.97. The highest BCUT2D eigenvalue weighted by atomic mass is 35.5. The summed E-state index contributed by atoms with van der Waals surface area (Å²) in [6.07, 6.45) is 0. The summed E-state index contributed by atoms with van der Waals surface area (Å²) in [6.45, 7) is 0. The second-order valence-corrected chi connectivity index (χ2v) is 2.56. The standard InChI is InChI=1S/C6H4Cl2FN/c7-10(8)6-3-1-5(9)2-4-6/h1-4H. The average Bonchev–Trinajstić information content (AvgIpc) is 1.88. The van der Waals surface area contributed by atoms with E-state index in [1.54, 1.807) is 0 Å². The Morgan fingerprint density at radius 1 is 1.10 bits per heavy atom. The monoisotopic (exact) mass is 179 g/mol. The molecule has 0 spiro atoms. The molecule has 1 aromatic carbocycles. The van der Waals surface area contributed by atoms with Gasteiger partial charge in [-0.25, -0.2) is 4.39 Å². The molecule has 0 aliphatic rings. The SMILES string of the molecule is Fc1ccc(N(Cl)Cl)cc1. The van der Waals surface area contributed by atoms with E-state index in [0.717, 1.165) is 3.94 Å². The Morgan fingerprint density at radius 3 is 2.00 bits per heavy atom. The van der Waals surface area contributed by atoms with Crippen LogP contribution in [-0.4, -0.2) is 0 Å². The van der Waals surface area contributed by atoms with Crippen LogP contribution in [0, 0.1) is 5.82 Å². The Hall–Kier alpha value is -0.470. The van der Waals surface area contributed by atoms with Gasteiger partial charge in [0.05, 0.1) is 5.69 Å². The molecule has 54 valence electrons. The Bertz CT molecular complexity index is 209. The number of hydrogen-bond donors (Lipinski definition) is 0. The molecule has 0 saturated carbocycles. The summed E-state index contributed by atoms with van der Waals surface area (Å²) in [5, 5.41) is 0. The van der Waals surface area contributed by atoms with Crippen molar-refractivity contribution in [2.75, 3.05) is 3.94 Å². The van der Waals surface area contributed by atoms with Gasteiger partial charge in [0.15, 0.2) is 0 Å². The Balaban J connectivity index is 2.89. The van der Waals surface area contributed by atoms with E-state index in [4.69, 9.17) is 23.6 Å². The molecule has 1 rings (SSSR count). The summed E-state index contributed by atoms with van der Waals surface area (Å²) in [4.78, 5) is 0. The van der Waals surface area contributed by atoms with Gasteiger partial charge in [-0.15, -0.1) is 0 Å². The molecule has 0 bridgehead atoms. The maximum absolute atomic E-state index is 12.2. The molecule has 10 heavy (non-hydrogen) atoms. The van der Waals surface area contributed by atoms with Gasteiger partial charge < -0.3 is 0 Å². The zero-order chi connectivity index (χ0) is 7.56. The van der Waals surface area contributed by atoms with Crippen molar-refractivity contribution in [2.24, 2.45) is 0 Å². The molecule has 4 heteroatoms. The molecular formula is C6H4Cl2FN. The van der Waals surface area contributed by atoms with Crippen molar-refractivity contribution in [1.29, 1.82) is 0 Å². The van der Waals surface area contributed by atoms with Crippen LogP contribution in [0.5, 0.6) is 0 Å². The van der Waals surface area contributed by atoms with Gasteiger partial charge in [-0.2, -0.15) is 3.94 Å². The van der Waals surface area contributed by atoms with Gasteiger partial charge in [-0.3, -0.25) is 0 Å². The van der Waals surface area contributed by atoms with Crippen LogP contribution in [-0.2, 0) is 0 Å². The minimum Gasteiger partial charge on any atom is -0.207 e. The predicted octanol–water partition coefficient (Wildman–Crippen LogP) is 2.94. The van der Waals surface area contributed by atoms with Crippen LogP contribution in [0.3, 0.4) is 0 Å². The van der Waals surface area contributed by atoms with Gasteiger partial charge in [-0.05, 0) is 24.3 Å². The van der Waals surface area contributed by atoms with Crippen LogP contribution < -0.4 is 3.94 Å². The third-order valence-electron chi connectivity index (χ3n) is 1.02. The summed E-state index contributed by atoms with van der Waals surface area (Å²) < 4.78 is 13.1. The number of hydrogen-bond acceptors (Lipinski definition) is 1. The van der Waals surface area contributed by atoms with Gasteiger partial charge in [0, 0.05) is 23.6 Å². The second kappa shape index (κ2) is 3.08. The molecule has 0 heterocycles. The van der Waals surface area contributed by atoms with Crippen LogP contribution >= 0.6 is 23.6 Å². The van der Waals surface area contributed by atoms with Crippen molar-refractivity contribution in [1.82, 2.24) is 0 Å². The average molecular weight is 180 g/mol. The summed E-state index contributed by atoms with van der Waals surface area (Å²) in [7, 11) is 0. The molecule has 1 aromatic rings. The zero-order valence-corrected chi connectivity index (χ0v) is 6.40. The smallest absolute Gasteiger partial charge is 0.123 e. The van der Waals surface area contributed by atoms with Gasteiger partial charge >= 0.3 is 0 Å². The van der Waals surface area contributed by atoms with E-state index in [0.29, 0.717) is 5.69 Å². The summed E-state index contributed by atoms with van der Waals surface area (Å²) in [5.41, 5.74) is 0.546. The van der Waals surface area contributed by atoms with Crippen molar-refractivity contribution >= 4 is 29.2 Å². The molecular weight excluding hydrogens is 176 g/mol. The van der Waals surface area contributed by atoms with Crippen LogP contribution in [0.1, 0.15) is 0 Å². The second-order valence-electron chi connectivity index (χ2n) is 1.71. The summed E-state index contributed by atoms with van der Waals surface area (Å²) >= 11 is 10.7. The molecule has 0 aromatic heterocycles. The summed E-state index contributed by atoms with van der Waals surface area (Å²) in [6, 6.07) is 5.53. The Morgan fingerprint density at radius 2 is 1.60 bits per heavy atom. The van der Waals surface area contributed by atoms with Crippen molar-refractivity contribution in [3.05, 3.63) is 30.1 Å². The number of benzene rings is 1. The Kier molecular flexibility index (Phi) is 2.35. The van der Waals surface area contributed by atoms with Crippen LogP contribution in [0.25, 0.3) is 0 Å². The first kappa shape index (κ1) is 7.63. The topological polar surface area (TPSA) is 3.24 Å². The van der Waals surface area contributed by atoms with E-state index in [-0.39, 0.29) is 5.82 Å². The zero-order valence-electron chi connectivity index (χ0n) is 4.89. The number of nitrogens with zero attached hydrogens (tertiary/aromatic N) is 1. The third kappa shape index (κ3) is 1.75. The quantitative estimate of drug-likeness (QED) is 0.600. The third-order valence-corrected chi connectivity index (χ3v) is 1.41. The minimum atomic E-state index is -0.307. The first-order valence-corrected chi connectivity index (χ1v) is 3.25. The fourth-order valence-corrected chi connectivity index (χ4v) is 0.779. The van der Waals surface area contributed by atoms with E-state index in [1.807, 2.05) is 0 Å². The molecule has 0 saturated heterocycles. The highest BCUT2D eigenvalue weighted by Crippen LogP contribution is 2.18. The minimum absolute atomic E-state index is 0.307. The molecule has 1 nitrogen and oxygen atoms in total. The van der Waals surface area contributed by atoms with E-state index in [9.17, 15) is 4.39 Å². The van der Waals surface area contributed by atoms with Crippen molar-refractivity contribution in [2.45, 2.75) is 0 Å². The maximum atomic E-state index is 12.2. The fourth-order valence-electron chi connectivity index (χ4n) is 0.554. The largest absolute Gasteiger partial charge is 0.207 e. The van der Waals surface area contributed by atoms with E-state index >= 15 is 0 Å². The van der Waals surface area contributed by atoms with E-state index in [2.05, 4.69) is 0 Å². The van der Waals surface area contributed by atoms with E-state index in [1.165, 1.54) is 24.3 Å². The van der Waals surface area contributed by atoms with Gasteiger partial charge in [0.25, 0.3) is 0 Å². The van der Waals surface area contributed by atoms with Gasteiger partial charge in [0.1, 0.15) is 5.82 Å². The first-order valence-electron chi connectivity index (χ1n) is 2.57. The lowest BCUT2D eigenvalue weighted by molar-refractivity contribution is 0.628. The number of halogens is 3. The molecule has 0 radical (unpaired) electrons. The van der Waals surface area contributed by atoms with Crippen LogP contribution in [0.4, 0.5) is 10.1 Å². The fraction of sp³-hybridized carbons (Fsp3) is 0. The molecule has 0 amide bonds. The number of anilines is 1. The van der Waals surface area contributed by atoms with Gasteiger partial charge in [0.2, 0.25) is 0 Å². The highest BCUT2D eigenvalue weighted by molar-refractivity contribution is 6.49. The first-order chi connectivity index (χ1) is 4.70. The lowest BCUT2D eigenvalue weighted by Crippen LogP contribution is -1.90. The van der Waals surface area contributed by atoms with Crippen molar-refractivity contribution < 1.29 is 4.39 Å². The van der Waals surface area contributed by atoms with Crippen molar-refractivity contribution in [3.63, 3.8) is 0 Å². The number of rotatable bonds is 1. The maximum Gasteiger partial charge on any atom is 0.123 e. The molecule has 0 unspecified atom stereocenters. The van der Waals surface area contributed by atoms with Gasteiger partial charge in [-0.1, -0.05) is 0 Å².